The maximum atomic E-state index is 12.7. The normalized spacial score (nSPS) is 13.7. The lowest BCUT2D eigenvalue weighted by Crippen LogP contribution is -2.37. The van der Waals surface area contributed by atoms with Crippen molar-refractivity contribution in [3.8, 4) is 0 Å². The Labute approximate surface area is 367 Å². The summed E-state index contributed by atoms with van der Waals surface area (Å²) < 4.78 is 35.1. The molecule has 1 N–H and O–H groups in total. The Hall–Kier alpha value is -0.760. The van der Waals surface area contributed by atoms with Gasteiger partial charge in [-0.25, -0.2) is 4.57 Å². The largest absolute Gasteiger partial charge is 0.472 e. The van der Waals surface area contributed by atoms with Gasteiger partial charge >= 0.3 is 13.8 Å². The van der Waals surface area contributed by atoms with Gasteiger partial charge in [0.2, 0.25) is 0 Å². The molecule has 0 radical (unpaired) electrons. The average molecular weight is 859 g/mol. The highest BCUT2D eigenvalue weighted by Crippen LogP contribution is 2.43. The van der Waals surface area contributed by atoms with E-state index in [0.29, 0.717) is 24.1 Å². The van der Waals surface area contributed by atoms with Gasteiger partial charge in [-0.2, -0.15) is 0 Å². The molecular weight excluding hydrogens is 758 g/mol. The number of carbonyl (C=O) groups excluding carboxylic acids is 1. The average Bonchev–Trinajstić information content (AvgIpc) is 3.19. The van der Waals surface area contributed by atoms with E-state index in [4.69, 9.17) is 18.5 Å². The number of phosphoric ester groups is 1. The van der Waals surface area contributed by atoms with Crippen molar-refractivity contribution < 1.29 is 37.3 Å². The maximum absolute atomic E-state index is 12.7. The van der Waals surface area contributed by atoms with Crippen LogP contribution in [-0.2, 0) is 27.9 Å². The van der Waals surface area contributed by atoms with Crippen LogP contribution in [0.15, 0.2) is 12.2 Å². The summed E-state index contributed by atoms with van der Waals surface area (Å²) in [7, 11) is 1.68. The van der Waals surface area contributed by atoms with Crippen molar-refractivity contribution in [3.63, 3.8) is 0 Å². The SMILES string of the molecule is CCCCCCC/C=C\CCCCCCCCOCC(COP(=O)(O)OCC[N+](C)(C)C)OC(=O)CCCCCCCCCCCCCCCCCCCCCCCC. The minimum atomic E-state index is -4.27. The number of carbonyl (C=O) groups is 1. The van der Waals surface area contributed by atoms with Crippen LogP contribution in [0.25, 0.3) is 0 Å². The second-order valence-corrected chi connectivity index (χ2v) is 20.0. The summed E-state index contributed by atoms with van der Waals surface area (Å²) in [6, 6.07) is 0. The molecule has 0 fully saturated rings. The number of phosphoric acid groups is 1. The highest BCUT2D eigenvalue weighted by molar-refractivity contribution is 7.47. The summed E-state index contributed by atoms with van der Waals surface area (Å²) in [5.74, 6) is -0.309. The van der Waals surface area contributed by atoms with Gasteiger partial charge in [0.05, 0.1) is 34.4 Å². The van der Waals surface area contributed by atoms with Crippen molar-refractivity contribution in [2.45, 2.75) is 251 Å². The predicted octanol–water partition coefficient (Wildman–Crippen LogP) is 15.4. The number of rotatable bonds is 48. The Morgan fingerprint density at radius 2 is 0.881 bits per heavy atom. The topological polar surface area (TPSA) is 91.3 Å². The van der Waals surface area contributed by atoms with Crippen LogP contribution in [0.2, 0.25) is 0 Å². The number of unbranched alkanes of at least 4 members (excludes halogenated alkanes) is 32. The van der Waals surface area contributed by atoms with Crippen LogP contribution in [0, 0.1) is 0 Å². The lowest BCUT2D eigenvalue weighted by molar-refractivity contribution is -0.870. The standard InChI is InChI=1S/C50H100NO7P/c1-6-8-10-12-14-16-18-20-22-23-24-25-26-27-28-29-31-33-35-37-39-41-43-50(52)58-49(48-57-59(53,54)56-46-44-51(3,4)5)47-55-45-42-40-38-36-34-32-30-21-19-17-15-13-11-9-7-2/h19,21,49H,6-18,20,22-48H2,1-5H3/p+1/b21-19-. The molecule has 0 saturated carbocycles. The first-order chi connectivity index (χ1) is 28.6. The number of ether oxygens (including phenoxy) is 2. The van der Waals surface area contributed by atoms with Gasteiger partial charge in [0, 0.05) is 13.0 Å². The fraction of sp³-hybridized carbons (Fsp3) is 0.940. The molecule has 0 aliphatic rings. The van der Waals surface area contributed by atoms with Gasteiger partial charge < -0.3 is 18.9 Å². The number of allylic oxidation sites excluding steroid dienone is 2. The molecule has 0 spiro atoms. The number of nitrogens with zero attached hydrogens (tertiary/aromatic N) is 1. The Morgan fingerprint density at radius 3 is 1.29 bits per heavy atom. The van der Waals surface area contributed by atoms with Gasteiger partial charge in [-0.3, -0.25) is 13.8 Å². The number of hydrogen-bond donors (Lipinski definition) is 1. The fourth-order valence-electron chi connectivity index (χ4n) is 7.37. The van der Waals surface area contributed by atoms with E-state index in [9.17, 15) is 14.3 Å². The minimum Gasteiger partial charge on any atom is -0.457 e. The predicted molar refractivity (Wildman–Crippen MR) is 252 cm³/mol. The van der Waals surface area contributed by atoms with E-state index in [1.54, 1.807) is 0 Å². The summed E-state index contributed by atoms with van der Waals surface area (Å²) in [5, 5.41) is 0. The zero-order valence-electron chi connectivity index (χ0n) is 40.0. The third-order valence-electron chi connectivity index (χ3n) is 11.3. The molecule has 2 atom stereocenters. The van der Waals surface area contributed by atoms with Crippen molar-refractivity contribution in [1.82, 2.24) is 0 Å². The Balaban J connectivity index is 4.09. The van der Waals surface area contributed by atoms with Crippen LogP contribution in [-0.4, -0.2) is 75.6 Å². The number of hydrogen-bond acceptors (Lipinski definition) is 6. The molecule has 2 unspecified atom stereocenters. The molecule has 8 nitrogen and oxygen atoms in total. The summed E-state index contributed by atoms with van der Waals surface area (Å²) >= 11 is 0. The number of quaternary nitrogens is 1. The minimum absolute atomic E-state index is 0.0909. The van der Waals surface area contributed by atoms with E-state index < -0.39 is 13.9 Å². The Kier molecular flexibility index (Phi) is 43.3. The van der Waals surface area contributed by atoms with Crippen LogP contribution < -0.4 is 0 Å². The van der Waals surface area contributed by atoms with Crippen molar-refractivity contribution in [1.29, 1.82) is 0 Å². The van der Waals surface area contributed by atoms with Gasteiger partial charge in [0.15, 0.2) is 0 Å². The molecule has 0 rings (SSSR count). The molecule has 59 heavy (non-hydrogen) atoms. The second-order valence-electron chi connectivity index (χ2n) is 18.6. The molecule has 0 bridgehead atoms. The van der Waals surface area contributed by atoms with Gasteiger partial charge in [0.25, 0.3) is 0 Å². The first-order valence-corrected chi connectivity index (χ1v) is 26.9. The molecule has 0 saturated heterocycles. The highest BCUT2D eigenvalue weighted by atomic mass is 31.2. The molecule has 0 aromatic rings. The van der Waals surface area contributed by atoms with Crippen LogP contribution in [0.4, 0.5) is 0 Å². The Bertz CT molecular complexity index is 956. The third kappa shape index (κ3) is 48.1. The molecule has 0 aromatic heterocycles. The van der Waals surface area contributed by atoms with Crippen LogP contribution in [0.1, 0.15) is 245 Å². The monoisotopic (exact) mass is 859 g/mol. The van der Waals surface area contributed by atoms with Crippen LogP contribution in [0.3, 0.4) is 0 Å². The molecule has 0 heterocycles. The van der Waals surface area contributed by atoms with E-state index in [1.807, 2.05) is 21.1 Å². The summed E-state index contributed by atoms with van der Waals surface area (Å²) in [4.78, 5) is 23.0. The zero-order chi connectivity index (χ0) is 43.4. The maximum Gasteiger partial charge on any atom is 0.472 e. The first-order valence-electron chi connectivity index (χ1n) is 25.4. The first kappa shape index (κ1) is 58.2. The molecule has 352 valence electrons. The molecule has 0 amide bonds. The van der Waals surface area contributed by atoms with E-state index in [2.05, 4.69) is 26.0 Å². The van der Waals surface area contributed by atoms with E-state index in [0.717, 1.165) is 32.1 Å². The zero-order valence-corrected chi connectivity index (χ0v) is 40.9. The van der Waals surface area contributed by atoms with E-state index >= 15 is 0 Å². The Morgan fingerprint density at radius 1 is 0.508 bits per heavy atom. The summed E-state index contributed by atoms with van der Waals surface area (Å²) in [6.07, 6.45) is 49.7. The number of likely N-dealkylation sites (N-methyl/N-ethyl adjacent to an activating group) is 1. The van der Waals surface area contributed by atoms with E-state index in [-0.39, 0.29) is 25.8 Å². The smallest absolute Gasteiger partial charge is 0.457 e. The highest BCUT2D eigenvalue weighted by Gasteiger charge is 2.26. The quantitative estimate of drug-likeness (QED) is 0.0214. The number of esters is 1. The lowest BCUT2D eigenvalue weighted by Gasteiger charge is -2.24. The van der Waals surface area contributed by atoms with Gasteiger partial charge in [0.1, 0.15) is 19.3 Å². The third-order valence-corrected chi connectivity index (χ3v) is 12.3. The van der Waals surface area contributed by atoms with Crippen molar-refractivity contribution >= 4 is 13.8 Å². The summed E-state index contributed by atoms with van der Waals surface area (Å²) in [5.41, 5.74) is 0. The molecule has 0 aromatic carbocycles. The second kappa shape index (κ2) is 43.9. The van der Waals surface area contributed by atoms with E-state index in [1.165, 1.54) is 193 Å². The molecule has 9 heteroatoms. The van der Waals surface area contributed by atoms with Crippen molar-refractivity contribution in [2.24, 2.45) is 0 Å². The van der Waals surface area contributed by atoms with Gasteiger partial charge in [-0.15, -0.1) is 0 Å². The molecule has 0 aliphatic carbocycles. The van der Waals surface area contributed by atoms with Crippen LogP contribution in [0.5, 0.6) is 0 Å². The van der Waals surface area contributed by atoms with Crippen LogP contribution >= 0.6 is 7.82 Å². The van der Waals surface area contributed by atoms with Crippen molar-refractivity contribution in [2.75, 3.05) is 54.1 Å². The molecule has 0 aliphatic heterocycles. The van der Waals surface area contributed by atoms with Crippen molar-refractivity contribution in [3.05, 3.63) is 12.2 Å². The lowest BCUT2D eigenvalue weighted by atomic mass is 10.0. The van der Waals surface area contributed by atoms with Gasteiger partial charge in [-0.05, 0) is 38.5 Å². The summed E-state index contributed by atoms with van der Waals surface area (Å²) in [6.45, 7) is 5.66. The fourth-order valence-corrected chi connectivity index (χ4v) is 8.11. The molecular formula is C50H101NO7P+. The van der Waals surface area contributed by atoms with Gasteiger partial charge in [-0.1, -0.05) is 212 Å².